The van der Waals surface area contributed by atoms with Gasteiger partial charge in [-0.3, -0.25) is 0 Å². The molecule has 0 fully saturated rings. The van der Waals surface area contributed by atoms with Crippen LogP contribution in [0, 0.1) is 6.92 Å². The van der Waals surface area contributed by atoms with Crippen molar-refractivity contribution in [2.45, 2.75) is 20.4 Å². The van der Waals surface area contributed by atoms with Crippen molar-refractivity contribution in [3.63, 3.8) is 0 Å². The summed E-state index contributed by atoms with van der Waals surface area (Å²) in [7, 11) is 1.70. The normalized spacial score (nSPS) is 10.5. The molecule has 0 aromatic heterocycles. The van der Waals surface area contributed by atoms with Gasteiger partial charge in [0.15, 0.2) is 0 Å². The van der Waals surface area contributed by atoms with Crippen molar-refractivity contribution >= 4 is 0 Å². The van der Waals surface area contributed by atoms with E-state index in [0.717, 1.165) is 18.8 Å². The maximum absolute atomic E-state index is 5.28. The molecule has 0 bridgehead atoms. The van der Waals surface area contributed by atoms with E-state index in [4.69, 9.17) is 4.74 Å². The average Bonchev–Trinajstić information content (AvgIpc) is 2.45. The zero-order valence-electron chi connectivity index (χ0n) is 11.9. The Kier molecular flexibility index (Phi) is 4.58. The highest BCUT2D eigenvalue weighted by molar-refractivity contribution is 5.68. The minimum atomic E-state index is 0.897. The number of rotatable bonds is 5. The number of hydrogen-bond donors (Lipinski definition) is 1. The lowest BCUT2D eigenvalue weighted by Crippen LogP contribution is -2.11. The van der Waals surface area contributed by atoms with Crippen molar-refractivity contribution in [1.29, 1.82) is 0 Å². The van der Waals surface area contributed by atoms with Gasteiger partial charge in [0.2, 0.25) is 0 Å². The molecule has 0 aliphatic carbocycles. The minimum absolute atomic E-state index is 0.897. The Morgan fingerprint density at radius 2 is 1.95 bits per heavy atom. The lowest BCUT2D eigenvalue weighted by Gasteiger charge is -2.10. The van der Waals surface area contributed by atoms with Gasteiger partial charge < -0.3 is 10.1 Å². The molecule has 0 aliphatic heterocycles. The molecule has 2 heteroatoms. The van der Waals surface area contributed by atoms with Gasteiger partial charge in [0.05, 0.1) is 7.11 Å². The van der Waals surface area contributed by atoms with Crippen LogP contribution in [0.25, 0.3) is 11.1 Å². The molecule has 0 amide bonds. The zero-order chi connectivity index (χ0) is 13.7. The summed E-state index contributed by atoms with van der Waals surface area (Å²) in [6.45, 7) is 6.20. The molecule has 1 N–H and O–H groups in total. The first-order chi connectivity index (χ1) is 9.24. The fraction of sp³-hybridized carbons (Fsp3) is 0.294. The van der Waals surface area contributed by atoms with Gasteiger partial charge in [0.25, 0.3) is 0 Å². The zero-order valence-corrected chi connectivity index (χ0v) is 11.9. The molecule has 2 rings (SSSR count). The standard InChI is InChI=1S/C17H21NO/c1-4-18-12-14-8-9-17(13(2)10-14)15-6-5-7-16(11-15)19-3/h5-11,18H,4,12H2,1-3H3. The molecule has 0 saturated heterocycles. The van der Waals surface area contributed by atoms with Gasteiger partial charge >= 0.3 is 0 Å². The van der Waals surface area contributed by atoms with E-state index in [1.807, 2.05) is 12.1 Å². The van der Waals surface area contributed by atoms with Crippen LogP contribution in [0.4, 0.5) is 0 Å². The molecular weight excluding hydrogens is 234 g/mol. The van der Waals surface area contributed by atoms with Crippen LogP contribution in [0.5, 0.6) is 5.75 Å². The van der Waals surface area contributed by atoms with E-state index in [1.54, 1.807) is 7.11 Å². The van der Waals surface area contributed by atoms with Gasteiger partial charge in [-0.2, -0.15) is 0 Å². The molecule has 100 valence electrons. The predicted molar refractivity (Wildman–Crippen MR) is 80.5 cm³/mol. The summed E-state index contributed by atoms with van der Waals surface area (Å²) >= 11 is 0. The molecule has 0 atom stereocenters. The fourth-order valence-electron chi connectivity index (χ4n) is 2.22. The van der Waals surface area contributed by atoms with Crippen molar-refractivity contribution in [2.24, 2.45) is 0 Å². The number of aryl methyl sites for hydroxylation is 1. The number of benzene rings is 2. The van der Waals surface area contributed by atoms with E-state index >= 15 is 0 Å². The molecule has 19 heavy (non-hydrogen) atoms. The van der Waals surface area contributed by atoms with Gasteiger partial charge in [-0.15, -0.1) is 0 Å². The molecule has 2 aromatic rings. The Balaban J connectivity index is 2.29. The Morgan fingerprint density at radius 3 is 2.63 bits per heavy atom. The third-order valence-electron chi connectivity index (χ3n) is 3.25. The van der Waals surface area contributed by atoms with Crippen LogP contribution in [-0.2, 0) is 6.54 Å². The first-order valence-corrected chi connectivity index (χ1v) is 6.69. The maximum Gasteiger partial charge on any atom is 0.119 e. The number of methoxy groups -OCH3 is 1. The molecule has 0 spiro atoms. The van der Waals surface area contributed by atoms with Gasteiger partial charge in [0, 0.05) is 6.54 Å². The molecule has 2 nitrogen and oxygen atoms in total. The van der Waals surface area contributed by atoms with Crippen LogP contribution in [0.1, 0.15) is 18.1 Å². The highest BCUT2D eigenvalue weighted by atomic mass is 16.5. The largest absolute Gasteiger partial charge is 0.497 e. The van der Waals surface area contributed by atoms with Crippen molar-refractivity contribution in [2.75, 3.05) is 13.7 Å². The minimum Gasteiger partial charge on any atom is -0.497 e. The summed E-state index contributed by atoms with van der Waals surface area (Å²) in [5.74, 6) is 0.897. The highest BCUT2D eigenvalue weighted by Crippen LogP contribution is 2.27. The van der Waals surface area contributed by atoms with Crippen LogP contribution in [0.3, 0.4) is 0 Å². The molecule has 0 unspecified atom stereocenters. The van der Waals surface area contributed by atoms with Crippen molar-refractivity contribution in [1.82, 2.24) is 5.32 Å². The summed E-state index contributed by atoms with van der Waals surface area (Å²) in [4.78, 5) is 0. The van der Waals surface area contributed by atoms with E-state index in [1.165, 1.54) is 22.3 Å². The SMILES string of the molecule is CCNCc1ccc(-c2cccc(OC)c2)c(C)c1. The Bertz CT molecular complexity index is 549. The third kappa shape index (κ3) is 3.36. The summed E-state index contributed by atoms with van der Waals surface area (Å²) in [6.07, 6.45) is 0. The van der Waals surface area contributed by atoms with E-state index in [-0.39, 0.29) is 0 Å². The molecule has 0 heterocycles. The van der Waals surface area contributed by atoms with Crippen LogP contribution in [0.15, 0.2) is 42.5 Å². The quantitative estimate of drug-likeness (QED) is 0.878. The molecule has 0 radical (unpaired) electrons. The van der Waals surface area contributed by atoms with Gasteiger partial charge in [-0.1, -0.05) is 37.3 Å². The van der Waals surface area contributed by atoms with Crippen molar-refractivity contribution in [3.8, 4) is 16.9 Å². The smallest absolute Gasteiger partial charge is 0.119 e. The Labute approximate surface area is 115 Å². The lowest BCUT2D eigenvalue weighted by atomic mass is 9.98. The average molecular weight is 255 g/mol. The summed E-state index contributed by atoms with van der Waals surface area (Å²) in [5, 5.41) is 3.35. The number of ether oxygens (including phenoxy) is 1. The van der Waals surface area contributed by atoms with Gasteiger partial charge in [0.1, 0.15) is 5.75 Å². The fourth-order valence-corrected chi connectivity index (χ4v) is 2.22. The third-order valence-corrected chi connectivity index (χ3v) is 3.25. The highest BCUT2D eigenvalue weighted by Gasteiger charge is 2.04. The molecule has 2 aromatic carbocycles. The first-order valence-electron chi connectivity index (χ1n) is 6.69. The van der Waals surface area contributed by atoms with Crippen LogP contribution in [-0.4, -0.2) is 13.7 Å². The van der Waals surface area contributed by atoms with E-state index in [2.05, 4.69) is 49.5 Å². The molecule has 0 aliphatic rings. The summed E-state index contributed by atoms with van der Waals surface area (Å²) in [6, 6.07) is 14.8. The second-order valence-corrected chi connectivity index (χ2v) is 4.66. The van der Waals surface area contributed by atoms with E-state index in [0.29, 0.717) is 0 Å². The molecule has 0 saturated carbocycles. The number of nitrogens with one attached hydrogen (secondary N) is 1. The maximum atomic E-state index is 5.28. The lowest BCUT2D eigenvalue weighted by molar-refractivity contribution is 0.415. The second-order valence-electron chi connectivity index (χ2n) is 4.66. The second kappa shape index (κ2) is 6.39. The van der Waals surface area contributed by atoms with Crippen LogP contribution in [0.2, 0.25) is 0 Å². The van der Waals surface area contributed by atoms with E-state index < -0.39 is 0 Å². The Hall–Kier alpha value is -1.80. The van der Waals surface area contributed by atoms with Gasteiger partial charge in [-0.05, 0) is 47.9 Å². The van der Waals surface area contributed by atoms with Crippen molar-refractivity contribution < 1.29 is 4.74 Å². The monoisotopic (exact) mass is 255 g/mol. The van der Waals surface area contributed by atoms with Gasteiger partial charge in [-0.25, -0.2) is 0 Å². The van der Waals surface area contributed by atoms with Crippen LogP contribution < -0.4 is 10.1 Å². The predicted octanol–water partition coefficient (Wildman–Crippen LogP) is 3.78. The van der Waals surface area contributed by atoms with E-state index in [9.17, 15) is 0 Å². The number of hydrogen-bond acceptors (Lipinski definition) is 2. The summed E-state index contributed by atoms with van der Waals surface area (Å²) in [5.41, 5.74) is 5.08. The first kappa shape index (κ1) is 13.6. The summed E-state index contributed by atoms with van der Waals surface area (Å²) < 4.78 is 5.28. The van der Waals surface area contributed by atoms with Crippen molar-refractivity contribution in [3.05, 3.63) is 53.6 Å². The Morgan fingerprint density at radius 1 is 1.11 bits per heavy atom. The van der Waals surface area contributed by atoms with Crippen LogP contribution >= 0.6 is 0 Å². The topological polar surface area (TPSA) is 21.3 Å². The molecular formula is C17H21NO.